The lowest BCUT2D eigenvalue weighted by atomic mass is 10.2. The van der Waals surface area contributed by atoms with Gasteiger partial charge in [-0.2, -0.15) is 0 Å². The van der Waals surface area contributed by atoms with Gasteiger partial charge in [0, 0.05) is 43.3 Å². The summed E-state index contributed by atoms with van der Waals surface area (Å²) in [5, 5.41) is 0.581. The zero-order valence-electron chi connectivity index (χ0n) is 15.7. The Hall–Kier alpha value is -2.99. The first kappa shape index (κ1) is 18.4. The summed E-state index contributed by atoms with van der Waals surface area (Å²) >= 11 is 6.29. The van der Waals surface area contributed by atoms with Crippen molar-refractivity contribution in [2.45, 2.75) is 19.4 Å². The Morgan fingerprint density at radius 3 is 2.64 bits per heavy atom. The SMILES string of the molecule is Cc1cc(N(C)[C@@H]2CCN(c3ccccc3Cl)C2=O)nc(-c2ccncc2)n1. The summed E-state index contributed by atoms with van der Waals surface area (Å²) in [7, 11) is 1.90. The van der Waals surface area contributed by atoms with Crippen LogP contribution in [0.25, 0.3) is 11.4 Å². The summed E-state index contributed by atoms with van der Waals surface area (Å²) in [6.45, 7) is 2.55. The fourth-order valence-corrected chi connectivity index (χ4v) is 3.69. The lowest BCUT2D eigenvalue weighted by Gasteiger charge is -2.25. The minimum Gasteiger partial charge on any atom is -0.347 e. The molecule has 0 N–H and O–H groups in total. The Bertz CT molecular complexity index is 1010. The normalized spacial score (nSPS) is 16.5. The topological polar surface area (TPSA) is 62.2 Å². The molecule has 0 bridgehead atoms. The van der Waals surface area contributed by atoms with Crippen molar-refractivity contribution in [2.24, 2.45) is 0 Å². The first-order chi connectivity index (χ1) is 13.5. The Labute approximate surface area is 168 Å². The van der Waals surface area contributed by atoms with E-state index >= 15 is 0 Å². The number of aromatic nitrogens is 3. The molecule has 4 rings (SSSR count). The van der Waals surface area contributed by atoms with E-state index in [0.29, 0.717) is 23.8 Å². The molecule has 1 amide bonds. The average Bonchev–Trinajstić information content (AvgIpc) is 3.09. The summed E-state index contributed by atoms with van der Waals surface area (Å²) in [4.78, 5) is 30.0. The maximum Gasteiger partial charge on any atom is 0.249 e. The molecule has 1 aromatic carbocycles. The number of aryl methyl sites for hydroxylation is 1. The van der Waals surface area contributed by atoms with Crippen LogP contribution in [0.2, 0.25) is 5.02 Å². The van der Waals surface area contributed by atoms with Crippen LogP contribution in [0.1, 0.15) is 12.1 Å². The van der Waals surface area contributed by atoms with E-state index in [2.05, 4.69) is 15.0 Å². The number of likely N-dealkylation sites (N-methyl/N-ethyl adjacent to an activating group) is 1. The predicted molar refractivity (Wildman–Crippen MR) is 111 cm³/mol. The van der Waals surface area contributed by atoms with Crippen molar-refractivity contribution in [3.63, 3.8) is 0 Å². The molecular weight excluding hydrogens is 374 g/mol. The third-order valence-electron chi connectivity index (χ3n) is 4.93. The molecule has 1 saturated heterocycles. The Kier molecular flexibility index (Phi) is 4.96. The number of carbonyl (C=O) groups excluding carboxylic acids is 1. The van der Waals surface area contributed by atoms with Crippen LogP contribution < -0.4 is 9.80 Å². The summed E-state index contributed by atoms with van der Waals surface area (Å²) in [6.07, 6.45) is 4.13. The number of para-hydroxylation sites is 1. The van der Waals surface area contributed by atoms with Crippen LogP contribution in [0.5, 0.6) is 0 Å². The standard InChI is InChI=1S/C21H20ClN5O/c1-14-13-19(25-20(24-14)15-7-10-23-11-8-15)26(2)18-9-12-27(21(18)28)17-6-4-3-5-16(17)22/h3-8,10-11,13,18H,9,12H2,1-2H3/t18-/m1/s1. The van der Waals surface area contributed by atoms with E-state index in [1.54, 1.807) is 23.4 Å². The summed E-state index contributed by atoms with van der Waals surface area (Å²) < 4.78 is 0. The Morgan fingerprint density at radius 1 is 1.14 bits per heavy atom. The van der Waals surface area contributed by atoms with Crippen molar-refractivity contribution in [1.29, 1.82) is 0 Å². The number of rotatable bonds is 4. The smallest absolute Gasteiger partial charge is 0.249 e. The third kappa shape index (κ3) is 3.43. The predicted octanol–water partition coefficient (Wildman–Crippen LogP) is 3.74. The molecule has 0 saturated carbocycles. The number of amides is 1. The number of hydrogen-bond donors (Lipinski definition) is 0. The summed E-state index contributed by atoms with van der Waals surface area (Å²) in [5.74, 6) is 1.37. The van der Waals surface area contributed by atoms with E-state index in [1.807, 2.05) is 55.3 Å². The second-order valence-corrected chi connectivity index (χ2v) is 7.19. The number of carbonyl (C=O) groups is 1. The molecule has 142 valence electrons. The highest BCUT2D eigenvalue weighted by molar-refractivity contribution is 6.34. The van der Waals surface area contributed by atoms with Gasteiger partial charge in [0.15, 0.2) is 5.82 Å². The second kappa shape index (κ2) is 7.56. The molecule has 7 heteroatoms. The largest absolute Gasteiger partial charge is 0.347 e. The van der Waals surface area contributed by atoms with E-state index in [0.717, 1.165) is 22.8 Å². The van der Waals surface area contributed by atoms with Crippen LogP contribution in [0, 0.1) is 6.92 Å². The van der Waals surface area contributed by atoms with Gasteiger partial charge in [0.1, 0.15) is 11.9 Å². The molecule has 0 unspecified atom stereocenters. The molecule has 1 aliphatic heterocycles. The van der Waals surface area contributed by atoms with Crippen LogP contribution in [-0.4, -0.2) is 40.5 Å². The molecule has 6 nitrogen and oxygen atoms in total. The van der Waals surface area contributed by atoms with Gasteiger partial charge in [-0.15, -0.1) is 0 Å². The molecule has 2 aromatic heterocycles. The van der Waals surface area contributed by atoms with Gasteiger partial charge >= 0.3 is 0 Å². The Balaban J connectivity index is 1.62. The zero-order chi connectivity index (χ0) is 19.7. The fourth-order valence-electron chi connectivity index (χ4n) is 3.46. The van der Waals surface area contributed by atoms with Crippen LogP contribution in [0.4, 0.5) is 11.5 Å². The first-order valence-electron chi connectivity index (χ1n) is 9.09. The van der Waals surface area contributed by atoms with Crippen molar-refractivity contribution in [3.8, 4) is 11.4 Å². The average molecular weight is 394 g/mol. The molecule has 0 spiro atoms. The van der Waals surface area contributed by atoms with Gasteiger partial charge in [-0.1, -0.05) is 23.7 Å². The molecule has 28 heavy (non-hydrogen) atoms. The molecule has 0 aliphatic carbocycles. The van der Waals surface area contributed by atoms with Crippen molar-refractivity contribution in [2.75, 3.05) is 23.4 Å². The van der Waals surface area contributed by atoms with Crippen LogP contribution >= 0.6 is 11.6 Å². The van der Waals surface area contributed by atoms with Gasteiger partial charge in [0.25, 0.3) is 0 Å². The Morgan fingerprint density at radius 2 is 1.89 bits per heavy atom. The van der Waals surface area contributed by atoms with Crippen molar-refractivity contribution < 1.29 is 4.79 Å². The van der Waals surface area contributed by atoms with E-state index in [1.165, 1.54) is 0 Å². The monoisotopic (exact) mass is 393 g/mol. The van der Waals surface area contributed by atoms with E-state index in [-0.39, 0.29) is 11.9 Å². The van der Waals surface area contributed by atoms with E-state index in [9.17, 15) is 4.79 Å². The maximum absolute atomic E-state index is 13.1. The lowest BCUT2D eigenvalue weighted by molar-refractivity contribution is -0.118. The van der Waals surface area contributed by atoms with Crippen LogP contribution in [0.3, 0.4) is 0 Å². The maximum atomic E-state index is 13.1. The van der Waals surface area contributed by atoms with Gasteiger partial charge in [0.2, 0.25) is 5.91 Å². The number of pyridine rings is 1. The number of halogens is 1. The zero-order valence-corrected chi connectivity index (χ0v) is 16.5. The molecule has 1 fully saturated rings. The van der Waals surface area contributed by atoms with Gasteiger partial charge in [-0.05, 0) is 37.6 Å². The molecule has 3 aromatic rings. The minimum atomic E-state index is -0.295. The quantitative estimate of drug-likeness (QED) is 0.675. The number of nitrogens with zero attached hydrogens (tertiary/aromatic N) is 5. The number of hydrogen-bond acceptors (Lipinski definition) is 5. The number of anilines is 2. The highest BCUT2D eigenvalue weighted by Gasteiger charge is 2.36. The van der Waals surface area contributed by atoms with Gasteiger partial charge < -0.3 is 9.80 Å². The summed E-state index contributed by atoms with van der Waals surface area (Å²) in [6, 6.07) is 12.8. The fraction of sp³-hybridized carbons (Fsp3) is 0.238. The van der Waals surface area contributed by atoms with E-state index < -0.39 is 0 Å². The van der Waals surface area contributed by atoms with Gasteiger partial charge in [0.05, 0.1) is 10.7 Å². The van der Waals surface area contributed by atoms with Crippen molar-refractivity contribution in [3.05, 3.63) is 65.6 Å². The lowest BCUT2D eigenvalue weighted by Crippen LogP contribution is -2.40. The minimum absolute atomic E-state index is 0.0253. The highest BCUT2D eigenvalue weighted by atomic mass is 35.5. The number of benzene rings is 1. The second-order valence-electron chi connectivity index (χ2n) is 6.78. The van der Waals surface area contributed by atoms with Gasteiger partial charge in [-0.25, -0.2) is 9.97 Å². The van der Waals surface area contributed by atoms with Crippen LogP contribution in [0.15, 0.2) is 54.9 Å². The highest BCUT2D eigenvalue weighted by Crippen LogP contribution is 2.31. The van der Waals surface area contributed by atoms with Crippen molar-refractivity contribution in [1.82, 2.24) is 15.0 Å². The molecule has 3 heterocycles. The molecule has 1 aliphatic rings. The van der Waals surface area contributed by atoms with E-state index in [4.69, 9.17) is 11.6 Å². The summed E-state index contributed by atoms with van der Waals surface area (Å²) in [5.41, 5.74) is 2.49. The third-order valence-corrected chi connectivity index (χ3v) is 5.25. The molecule has 1 atom stereocenters. The van der Waals surface area contributed by atoms with Gasteiger partial charge in [-0.3, -0.25) is 9.78 Å². The van der Waals surface area contributed by atoms with Crippen LogP contribution in [-0.2, 0) is 4.79 Å². The first-order valence-corrected chi connectivity index (χ1v) is 9.47. The van der Waals surface area contributed by atoms with Crippen molar-refractivity contribution >= 4 is 29.0 Å². The molecular formula is C21H20ClN5O. The molecule has 0 radical (unpaired) electrons.